The monoisotopic (exact) mass is 235 g/mol. The fourth-order valence-electron chi connectivity index (χ4n) is 3.78. The molecule has 0 heterocycles. The van der Waals surface area contributed by atoms with Crippen molar-refractivity contribution in [2.24, 2.45) is 17.8 Å². The van der Waals surface area contributed by atoms with E-state index >= 15 is 0 Å². The van der Waals surface area contributed by atoms with E-state index in [0.717, 1.165) is 24.3 Å². The zero-order chi connectivity index (χ0) is 12.5. The molecule has 0 aliphatic heterocycles. The van der Waals surface area contributed by atoms with E-state index in [1.807, 2.05) is 14.0 Å². The van der Waals surface area contributed by atoms with Crippen LogP contribution < -0.4 is 5.32 Å². The number of hydrogen-bond acceptors (Lipinski definition) is 3. The van der Waals surface area contributed by atoms with E-state index in [4.69, 9.17) is 5.26 Å². The van der Waals surface area contributed by atoms with Crippen molar-refractivity contribution in [2.45, 2.75) is 38.1 Å². The van der Waals surface area contributed by atoms with E-state index in [9.17, 15) is 0 Å². The minimum Gasteiger partial charge on any atom is -0.303 e. The number of hydrogen-bond donors (Lipinski definition) is 1. The fraction of sp³-hybridized carbons (Fsp3) is 0.929. The van der Waals surface area contributed by atoms with Gasteiger partial charge in [0.15, 0.2) is 0 Å². The molecule has 17 heavy (non-hydrogen) atoms. The summed E-state index contributed by atoms with van der Waals surface area (Å²) >= 11 is 0. The molecule has 2 bridgehead atoms. The maximum absolute atomic E-state index is 9.16. The Morgan fingerprint density at radius 1 is 1.41 bits per heavy atom. The molecule has 0 aromatic rings. The summed E-state index contributed by atoms with van der Waals surface area (Å²) in [6.07, 6.45) is 5.82. The molecule has 2 aliphatic rings. The molecule has 2 fully saturated rings. The maximum atomic E-state index is 9.16. The third kappa shape index (κ3) is 2.81. The van der Waals surface area contributed by atoms with Gasteiger partial charge in [-0.05, 0) is 58.0 Å². The smallest absolute Gasteiger partial charge is 0.116 e. The molecule has 0 radical (unpaired) electrons. The molecule has 2 aliphatic carbocycles. The molecule has 0 aromatic carbocycles. The number of nitrogens with one attached hydrogen (secondary N) is 1. The van der Waals surface area contributed by atoms with Gasteiger partial charge in [-0.15, -0.1) is 0 Å². The van der Waals surface area contributed by atoms with E-state index < -0.39 is 5.54 Å². The topological polar surface area (TPSA) is 39.1 Å². The molecule has 2 rings (SSSR count). The summed E-state index contributed by atoms with van der Waals surface area (Å²) in [5, 5.41) is 12.3. The summed E-state index contributed by atoms with van der Waals surface area (Å²) in [5.41, 5.74) is -0.410. The fourth-order valence-corrected chi connectivity index (χ4v) is 3.78. The molecular weight excluding hydrogens is 210 g/mol. The lowest BCUT2D eigenvalue weighted by molar-refractivity contribution is 0.194. The van der Waals surface area contributed by atoms with Crippen LogP contribution in [0.4, 0.5) is 0 Å². The molecule has 1 N–H and O–H groups in total. The third-order valence-electron chi connectivity index (χ3n) is 4.82. The Balaban J connectivity index is 1.82. The quantitative estimate of drug-likeness (QED) is 0.790. The summed E-state index contributed by atoms with van der Waals surface area (Å²) in [5.74, 6) is 2.88. The summed E-state index contributed by atoms with van der Waals surface area (Å²) in [6.45, 7) is 3.96. The lowest BCUT2D eigenvalue weighted by atomic mass is 9.88. The lowest BCUT2D eigenvalue weighted by Crippen LogP contribution is -2.48. The third-order valence-corrected chi connectivity index (χ3v) is 4.82. The van der Waals surface area contributed by atoms with Gasteiger partial charge in [-0.1, -0.05) is 6.42 Å². The van der Waals surface area contributed by atoms with Gasteiger partial charge in [0.05, 0.1) is 6.07 Å². The van der Waals surface area contributed by atoms with Gasteiger partial charge in [0, 0.05) is 13.1 Å². The minimum absolute atomic E-state index is 0.410. The molecule has 3 heteroatoms. The Labute approximate surface area is 105 Å². The first kappa shape index (κ1) is 12.9. The highest BCUT2D eigenvalue weighted by Crippen LogP contribution is 2.48. The maximum Gasteiger partial charge on any atom is 0.116 e. The second kappa shape index (κ2) is 4.96. The summed E-state index contributed by atoms with van der Waals surface area (Å²) in [7, 11) is 4.02. The highest BCUT2D eigenvalue weighted by Gasteiger charge is 2.40. The molecule has 96 valence electrons. The normalized spacial score (nSPS) is 34.9. The SMILES string of the molecule is CNC(C)(C#N)CN(C)CC1CC2CCC1C2. The second-order valence-electron chi connectivity index (χ2n) is 6.33. The number of rotatable bonds is 5. The molecule has 0 aromatic heterocycles. The van der Waals surface area contributed by atoms with Crippen molar-refractivity contribution in [2.75, 3.05) is 27.2 Å². The molecule has 4 unspecified atom stereocenters. The summed E-state index contributed by atoms with van der Waals surface area (Å²) < 4.78 is 0. The first-order chi connectivity index (χ1) is 8.06. The number of fused-ring (bicyclic) bond motifs is 2. The van der Waals surface area contributed by atoms with E-state index in [-0.39, 0.29) is 0 Å². The molecular formula is C14H25N3. The Morgan fingerprint density at radius 2 is 2.18 bits per heavy atom. The van der Waals surface area contributed by atoms with Crippen LogP contribution in [0.2, 0.25) is 0 Å². The molecule has 3 nitrogen and oxygen atoms in total. The van der Waals surface area contributed by atoms with Gasteiger partial charge >= 0.3 is 0 Å². The van der Waals surface area contributed by atoms with Gasteiger partial charge in [-0.25, -0.2) is 0 Å². The average molecular weight is 235 g/mol. The Kier molecular flexibility index (Phi) is 3.75. The highest BCUT2D eigenvalue weighted by atomic mass is 15.1. The summed E-state index contributed by atoms with van der Waals surface area (Å²) in [6, 6.07) is 2.37. The van der Waals surface area contributed by atoms with Crippen LogP contribution in [0, 0.1) is 29.1 Å². The first-order valence-corrected chi connectivity index (χ1v) is 6.85. The Bertz CT molecular complexity index is 309. The largest absolute Gasteiger partial charge is 0.303 e. The number of nitrogens with zero attached hydrogens (tertiary/aromatic N) is 2. The van der Waals surface area contributed by atoms with E-state index in [0.29, 0.717) is 0 Å². The van der Waals surface area contributed by atoms with Gasteiger partial charge < -0.3 is 10.2 Å². The highest BCUT2D eigenvalue weighted by molar-refractivity contribution is 5.05. The van der Waals surface area contributed by atoms with E-state index in [1.165, 1.54) is 32.2 Å². The van der Waals surface area contributed by atoms with Crippen LogP contribution >= 0.6 is 0 Å². The van der Waals surface area contributed by atoms with Crippen molar-refractivity contribution in [3.05, 3.63) is 0 Å². The van der Waals surface area contributed by atoms with Crippen molar-refractivity contribution in [3.8, 4) is 6.07 Å². The van der Waals surface area contributed by atoms with Crippen LogP contribution in [-0.4, -0.2) is 37.6 Å². The molecule has 0 spiro atoms. The molecule has 2 saturated carbocycles. The predicted molar refractivity (Wildman–Crippen MR) is 69.5 cm³/mol. The van der Waals surface area contributed by atoms with Gasteiger partial charge in [0.2, 0.25) is 0 Å². The van der Waals surface area contributed by atoms with Crippen molar-refractivity contribution in [1.29, 1.82) is 5.26 Å². The molecule has 4 atom stereocenters. The van der Waals surface area contributed by atoms with Crippen molar-refractivity contribution >= 4 is 0 Å². The van der Waals surface area contributed by atoms with E-state index in [1.54, 1.807) is 0 Å². The van der Waals surface area contributed by atoms with Crippen molar-refractivity contribution in [1.82, 2.24) is 10.2 Å². The van der Waals surface area contributed by atoms with Crippen LogP contribution in [0.15, 0.2) is 0 Å². The van der Waals surface area contributed by atoms with Crippen LogP contribution in [-0.2, 0) is 0 Å². The lowest BCUT2D eigenvalue weighted by Gasteiger charge is -2.31. The second-order valence-corrected chi connectivity index (χ2v) is 6.33. The average Bonchev–Trinajstić information content (AvgIpc) is 2.90. The minimum atomic E-state index is -0.410. The van der Waals surface area contributed by atoms with Crippen LogP contribution in [0.3, 0.4) is 0 Å². The standard InChI is InChI=1S/C14H25N3/c1-14(9-15,16-2)10-17(3)8-13-7-11-4-5-12(13)6-11/h11-13,16H,4-8,10H2,1-3H3. The number of likely N-dealkylation sites (N-methyl/N-ethyl adjacent to an activating group) is 2. The molecule has 0 saturated heterocycles. The first-order valence-electron chi connectivity index (χ1n) is 6.85. The van der Waals surface area contributed by atoms with E-state index in [2.05, 4.69) is 23.3 Å². The number of nitriles is 1. The Hall–Kier alpha value is -0.590. The zero-order valence-electron chi connectivity index (χ0n) is 11.4. The summed E-state index contributed by atoms with van der Waals surface area (Å²) in [4.78, 5) is 2.34. The van der Waals surface area contributed by atoms with Crippen molar-refractivity contribution < 1.29 is 0 Å². The predicted octanol–water partition coefficient (Wildman–Crippen LogP) is 1.86. The van der Waals surface area contributed by atoms with Crippen LogP contribution in [0.25, 0.3) is 0 Å². The van der Waals surface area contributed by atoms with Crippen molar-refractivity contribution in [3.63, 3.8) is 0 Å². The molecule has 0 amide bonds. The Morgan fingerprint density at radius 3 is 2.65 bits per heavy atom. The van der Waals surface area contributed by atoms with Gasteiger partial charge in [-0.2, -0.15) is 5.26 Å². The van der Waals surface area contributed by atoms with Gasteiger partial charge in [0.25, 0.3) is 0 Å². The van der Waals surface area contributed by atoms with Gasteiger partial charge in [0.1, 0.15) is 5.54 Å². The zero-order valence-corrected chi connectivity index (χ0v) is 11.4. The van der Waals surface area contributed by atoms with Crippen LogP contribution in [0.1, 0.15) is 32.6 Å². The van der Waals surface area contributed by atoms with Gasteiger partial charge in [-0.3, -0.25) is 0 Å². The van der Waals surface area contributed by atoms with Crippen LogP contribution in [0.5, 0.6) is 0 Å².